The number of alkyl halides is 3. The van der Waals surface area contributed by atoms with Crippen molar-refractivity contribution in [3.8, 4) is 0 Å². The number of anilines is 1. The molecular weight excluding hydrogens is 359 g/mol. The number of carboxylic acids is 1. The zero-order valence-corrected chi connectivity index (χ0v) is 13.3. The minimum Gasteiger partial charge on any atom is -0.478 e. The molecule has 0 fully saturated rings. The highest BCUT2D eigenvalue weighted by molar-refractivity contribution is 7.92. The van der Waals surface area contributed by atoms with Crippen LogP contribution in [-0.2, 0) is 21.0 Å². The zero-order chi connectivity index (χ0) is 18.7. The molecule has 2 rings (SSSR count). The van der Waals surface area contributed by atoms with E-state index in [2.05, 4.69) is 4.72 Å². The van der Waals surface area contributed by atoms with E-state index in [9.17, 15) is 26.4 Å². The summed E-state index contributed by atoms with van der Waals surface area (Å²) in [5.41, 5.74) is -0.366. The molecule has 9 heteroatoms. The number of benzene rings is 2. The van der Waals surface area contributed by atoms with Crippen LogP contribution in [0.25, 0.3) is 6.08 Å². The summed E-state index contributed by atoms with van der Waals surface area (Å²) >= 11 is 0. The third-order valence-electron chi connectivity index (χ3n) is 3.05. The van der Waals surface area contributed by atoms with Crippen molar-refractivity contribution >= 4 is 27.8 Å². The minimum absolute atomic E-state index is 0.146. The van der Waals surface area contributed by atoms with Gasteiger partial charge in [-0.2, -0.15) is 13.2 Å². The number of rotatable bonds is 5. The standard InChI is InChI=1S/C16H12F3NO4S/c17-16(18,19)12-5-7-14(8-6-12)25(23,24)20-13-3-1-2-11(10-13)4-9-15(21)22/h1-10,20H,(H,21,22)/b9-4+. The maximum Gasteiger partial charge on any atom is 0.416 e. The van der Waals surface area contributed by atoms with Gasteiger partial charge in [0.25, 0.3) is 10.0 Å². The first kappa shape index (κ1) is 18.5. The molecule has 0 amide bonds. The number of halogens is 3. The van der Waals surface area contributed by atoms with Gasteiger partial charge in [-0.15, -0.1) is 0 Å². The van der Waals surface area contributed by atoms with Crippen molar-refractivity contribution in [2.45, 2.75) is 11.1 Å². The number of carboxylic acid groups (broad SMARTS) is 1. The van der Waals surface area contributed by atoms with Gasteiger partial charge in [-0.3, -0.25) is 4.72 Å². The molecule has 0 radical (unpaired) electrons. The molecule has 0 aliphatic carbocycles. The molecule has 0 heterocycles. The van der Waals surface area contributed by atoms with E-state index in [-0.39, 0.29) is 10.6 Å². The quantitative estimate of drug-likeness (QED) is 0.787. The summed E-state index contributed by atoms with van der Waals surface area (Å²) in [5.74, 6) is -1.16. The van der Waals surface area contributed by atoms with E-state index in [1.807, 2.05) is 0 Å². The smallest absolute Gasteiger partial charge is 0.416 e. The van der Waals surface area contributed by atoms with Crippen molar-refractivity contribution in [1.82, 2.24) is 0 Å². The maximum absolute atomic E-state index is 12.5. The summed E-state index contributed by atoms with van der Waals surface area (Å²) in [6.45, 7) is 0. The fraction of sp³-hybridized carbons (Fsp3) is 0.0625. The van der Waals surface area contributed by atoms with Crippen molar-refractivity contribution in [1.29, 1.82) is 0 Å². The lowest BCUT2D eigenvalue weighted by Crippen LogP contribution is -2.13. The average molecular weight is 371 g/mol. The van der Waals surface area contributed by atoms with Crippen molar-refractivity contribution in [2.75, 3.05) is 4.72 Å². The van der Waals surface area contributed by atoms with Gasteiger partial charge in [-0.25, -0.2) is 13.2 Å². The molecule has 0 aliphatic heterocycles. The molecular formula is C16H12F3NO4S. The van der Waals surface area contributed by atoms with Crippen LogP contribution in [0.5, 0.6) is 0 Å². The van der Waals surface area contributed by atoms with Crippen molar-refractivity contribution in [3.63, 3.8) is 0 Å². The summed E-state index contributed by atoms with van der Waals surface area (Å²) in [5, 5.41) is 8.58. The number of nitrogens with one attached hydrogen (secondary N) is 1. The Morgan fingerprint density at radius 2 is 1.72 bits per heavy atom. The Bertz CT molecular complexity index is 904. The molecule has 0 saturated carbocycles. The molecule has 2 N–H and O–H groups in total. The van der Waals surface area contributed by atoms with E-state index in [0.29, 0.717) is 17.7 Å². The van der Waals surface area contributed by atoms with Crippen LogP contribution in [0, 0.1) is 0 Å². The molecule has 0 unspecified atom stereocenters. The lowest BCUT2D eigenvalue weighted by atomic mass is 10.2. The Morgan fingerprint density at radius 1 is 1.08 bits per heavy atom. The van der Waals surface area contributed by atoms with Crippen molar-refractivity contribution in [3.05, 3.63) is 65.7 Å². The van der Waals surface area contributed by atoms with Crippen LogP contribution in [0.3, 0.4) is 0 Å². The molecule has 25 heavy (non-hydrogen) atoms. The molecule has 132 valence electrons. The summed E-state index contributed by atoms with van der Waals surface area (Å²) in [6, 6.07) is 8.97. The third-order valence-corrected chi connectivity index (χ3v) is 4.45. The summed E-state index contributed by atoms with van der Waals surface area (Å²) < 4.78 is 64.3. The molecule has 0 atom stereocenters. The number of aliphatic carboxylic acids is 1. The Balaban J connectivity index is 2.24. The van der Waals surface area contributed by atoms with Crippen LogP contribution in [0.1, 0.15) is 11.1 Å². The highest BCUT2D eigenvalue weighted by Gasteiger charge is 2.30. The largest absolute Gasteiger partial charge is 0.478 e. The fourth-order valence-electron chi connectivity index (χ4n) is 1.91. The van der Waals surface area contributed by atoms with Gasteiger partial charge < -0.3 is 5.11 Å². The van der Waals surface area contributed by atoms with Gasteiger partial charge in [-0.05, 0) is 48.0 Å². The van der Waals surface area contributed by atoms with Crippen LogP contribution >= 0.6 is 0 Å². The maximum atomic E-state index is 12.5. The first-order valence-electron chi connectivity index (χ1n) is 6.79. The Morgan fingerprint density at radius 3 is 2.28 bits per heavy atom. The number of sulfonamides is 1. The van der Waals surface area contributed by atoms with E-state index < -0.39 is 27.7 Å². The second kappa shape index (κ2) is 6.98. The second-order valence-electron chi connectivity index (χ2n) is 4.92. The number of hydrogen-bond donors (Lipinski definition) is 2. The molecule has 5 nitrogen and oxygen atoms in total. The average Bonchev–Trinajstić information content (AvgIpc) is 2.52. The molecule has 2 aromatic rings. The van der Waals surface area contributed by atoms with Gasteiger partial charge in [0.05, 0.1) is 10.5 Å². The Labute approximate surface area is 141 Å². The summed E-state index contributed by atoms with van der Waals surface area (Å²) in [6.07, 6.45) is -2.39. The molecule has 0 saturated heterocycles. The van der Waals surface area contributed by atoms with Gasteiger partial charge in [0.2, 0.25) is 0 Å². The lowest BCUT2D eigenvalue weighted by molar-refractivity contribution is -0.137. The Kier molecular flexibility index (Phi) is 5.17. The van der Waals surface area contributed by atoms with E-state index in [1.165, 1.54) is 24.3 Å². The van der Waals surface area contributed by atoms with E-state index in [1.54, 1.807) is 6.07 Å². The second-order valence-corrected chi connectivity index (χ2v) is 6.61. The summed E-state index contributed by atoms with van der Waals surface area (Å²) in [7, 11) is -4.08. The molecule has 0 aromatic heterocycles. The number of carbonyl (C=O) groups is 1. The van der Waals surface area contributed by atoms with Crippen molar-refractivity contribution < 1.29 is 31.5 Å². The third kappa shape index (κ3) is 5.08. The minimum atomic E-state index is -4.56. The van der Waals surface area contributed by atoms with Gasteiger partial charge in [0, 0.05) is 11.8 Å². The first-order valence-corrected chi connectivity index (χ1v) is 8.27. The number of hydrogen-bond acceptors (Lipinski definition) is 3. The van der Waals surface area contributed by atoms with Crippen LogP contribution < -0.4 is 4.72 Å². The van der Waals surface area contributed by atoms with Gasteiger partial charge >= 0.3 is 12.1 Å². The van der Waals surface area contributed by atoms with Crippen LogP contribution in [0.2, 0.25) is 0 Å². The van der Waals surface area contributed by atoms with Crippen LogP contribution in [0.15, 0.2) is 59.5 Å². The van der Waals surface area contributed by atoms with Gasteiger partial charge in [-0.1, -0.05) is 12.1 Å². The van der Waals surface area contributed by atoms with E-state index in [4.69, 9.17) is 5.11 Å². The molecule has 2 aromatic carbocycles. The Hall–Kier alpha value is -2.81. The van der Waals surface area contributed by atoms with Gasteiger partial charge in [0.1, 0.15) is 0 Å². The van der Waals surface area contributed by atoms with Crippen LogP contribution in [0.4, 0.5) is 18.9 Å². The van der Waals surface area contributed by atoms with E-state index in [0.717, 1.165) is 18.2 Å². The van der Waals surface area contributed by atoms with Gasteiger partial charge in [0.15, 0.2) is 0 Å². The predicted molar refractivity (Wildman–Crippen MR) is 85.4 cm³/mol. The molecule has 0 aliphatic rings. The van der Waals surface area contributed by atoms with Crippen molar-refractivity contribution in [2.24, 2.45) is 0 Å². The lowest BCUT2D eigenvalue weighted by Gasteiger charge is -2.10. The predicted octanol–water partition coefficient (Wildman–Crippen LogP) is 3.60. The topological polar surface area (TPSA) is 83.5 Å². The highest BCUT2D eigenvalue weighted by Crippen LogP contribution is 2.30. The zero-order valence-electron chi connectivity index (χ0n) is 12.5. The monoisotopic (exact) mass is 371 g/mol. The first-order chi connectivity index (χ1) is 11.6. The SMILES string of the molecule is O=C(O)/C=C/c1cccc(NS(=O)(=O)c2ccc(C(F)(F)F)cc2)c1. The normalized spacial score (nSPS) is 12.3. The molecule has 0 bridgehead atoms. The molecule has 0 spiro atoms. The van der Waals surface area contributed by atoms with Crippen LogP contribution in [-0.4, -0.2) is 19.5 Å². The fourth-order valence-corrected chi connectivity index (χ4v) is 2.96. The van der Waals surface area contributed by atoms with E-state index >= 15 is 0 Å². The summed E-state index contributed by atoms with van der Waals surface area (Å²) in [4.78, 5) is 10.2. The highest BCUT2D eigenvalue weighted by atomic mass is 32.2.